The quantitative estimate of drug-likeness (QED) is 0.0169. The number of carbonyl (C=O) groups excluding carboxylic acids is 4. The van der Waals surface area contributed by atoms with Gasteiger partial charge in [-0.3, -0.25) is 37.3 Å². The van der Waals surface area contributed by atoms with E-state index in [1.807, 2.05) is 0 Å². The van der Waals surface area contributed by atoms with Crippen LogP contribution in [0.5, 0.6) is 0 Å². The van der Waals surface area contributed by atoms with Gasteiger partial charge in [0.15, 0.2) is 12.2 Å². The molecule has 0 amide bonds. The van der Waals surface area contributed by atoms with Crippen molar-refractivity contribution in [1.29, 1.82) is 0 Å². The van der Waals surface area contributed by atoms with Crippen molar-refractivity contribution in [2.75, 3.05) is 39.6 Å². The molecule has 0 aliphatic heterocycles. The fourth-order valence-electron chi connectivity index (χ4n) is 9.56. The highest BCUT2D eigenvalue weighted by molar-refractivity contribution is 7.47. The van der Waals surface area contributed by atoms with Gasteiger partial charge in [0.2, 0.25) is 0 Å². The highest BCUT2D eigenvalue weighted by Crippen LogP contribution is 2.45. The van der Waals surface area contributed by atoms with Crippen LogP contribution in [0.2, 0.25) is 0 Å². The van der Waals surface area contributed by atoms with Crippen molar-refractivity contribution in [2.24, 2.45) is 0 Å². The summed E-state index contributed by atoms with van der Waals surface area (Å²) in [7, 11) is -9.95. The number of hydrogen-bond acceptors (Lipinski definition) is 15. The number of aliphatic hydroxyl groups excluding tert-OH is 1. The molecule has 0 aliphatic rings. The van der Waals surface area contributed by atoms with Crippen LogP contribution in [0.1, 0.15) is 297 Å². The largest absolute Gasteiger partial charge is 0.472 e. The lowest BCUT2D eigenvalue weighted by atomic mass is 10.1. The lowest BCUT2D eigenvalue weighted by Gasteiger charge is -2.21. The maximum atomic E-state index is 13.1. The van der Waals surface area contributed by atoms with Gasteiger partial charge in [-0.05, 0) is 122 Å². The van der Waals surface area contributed by atoms with E-state index in [1.165, 1.54) is 38.5 Å². The van der Waals surface area contributed by atoms with Gasteiger partial charge in [0.05, 0.1) is 26.4 Å². The van der Waals surface area contributed by atoms with Gasteiger partial charge in [-0.1, -0.05) is 259 Å². The Balaban J connectivity index is 5.35. The van der Waals surface area contributed by atoms with E-state index in [1.54, 1.807) is 0 Å². The highest BCUT2D eigenvalue weighted by Gasteiger charge is 2.30. The lowest BCUT2D eigenvalue weighted by Crippen LogP contribution is -2.30. The Morgan fingerprint density at radius 2 is 0.562 bits per heavy atom. The molecule has 552 valence electrons. The summed E-state index contributed by atoms with van der Waals surface area (Å²) >= 11 is 0. The SMILES string of the molecule is CC/C=C\C/C=C\C/C=C\C/C=C\C/C=C\CCCCCC(=O)OCC(COP(=O)(O)OCC(O)COP(=O)(O)OCC(COC(=O)CCCCCCC/C=C\C/C=C\CCC)OC(=O)CCCCCCCCCCCCC)OC(=O)CCCCCCC/C=C\C/C=C\CCC. The number of rotatable bonds is 69. The molecular weight excluding hydrogens is 1260 g/mol. The first-order valence-electron chi connectivity index (χ1n) is 37.1. The highest BCUT2D eigenvalue weighted by atomic mass is 31.2. The molecule has 5 atom stereocenters. The van der Waals surface area contributed by atoms with Crippen LogP contribution >= 0.6 is 15.6 Å². The maximum Gasteiger partial charge on any atom is 0.472 e. The molecule has 19 heteroatoms. The molecule has 0 aromatic carbocycles. The Labute approximate surface area is 581 Å². The van der Waals surface area contributed by atoms with E-state index < -0.39 is 97.5 Å². The minimum absolute atomic E-state index is 0.0696. The van der Waals surface area contributed by atoms with Crippen LogP contribution in [0.25, 0.3) is 0 Å². The molecule has 0 spiro atoms. The first-order valence-corrected chi connectivity index (χ1v) is 40.1. The van der Waals surface area contributed by atoms with E-state index >= 15 is 0 Å². The third-order valence-corrected chi connectivity index (χ3v) is 17.1. The molecule has 5 unspecified atom stereocenters. The molecule has 0 radical (unpaired) electrons. The molecule has 0 fully saturated rings. The molecule has 0 aliphatic carbocycles. The zero-order valence-corrected chi connectivity index (χ0v) is 61.8. The van der Waals surface area contributed by atoms with E-state index in [-0.39, 0.29) is 25.7 Å². The van der Waals surface area contributed by atoms with Gasteiger partial charge in [-0.15, -0.1) is 0 Å². The second-order valence-corrected chi connectivity index (χ2v) is 27.4. The van der Waals surface area contributed by atoms with Crippen molar-refractivity contribution in [2.45, 2.75) is 316 Å². The van der Waals surface area contributed by atoms with Gasteiger partial charge in [0, 0.05) is 25.7 Å². The first kappa shape index (κ1) is 91.7. The zero-order valence-electron chi connectivity index (χ0n) is 60.0. The Kier molecular flexibility index (Phi) is 66.1. The van der Waals surface area contributed by atoms with E-state index in [4.69, 9.17) is 37.0 Å². The topological polar surface area (TPSA) is 237 Å². The predicted octanol–water partition coefficient (Wildman–Crippen LogP) is 21.0. The smallest absolute Gasteiger partial charge is 0.462 e. The second kappa shape index (κ2) is 69.2. The average Bonchev–Trinajstić information content (AvgIpc) is 1.17. The van der Waals surface area contributed by atoms with Crippen LogP contribution in [-0.4, -0.2) is 96.7 Å². The normalized spacial score (nSPS) is 14.6. The van der Waals surface area contributed by atoms with E-state index in [0.29, 0.717) is 25.7 Å². The molecule has 0 rings (SSSR count). The number of allylic oxidation sites excluding steroid dienone is 18. The van der Waals surface area contributed by atoms with Crippen molar-refractivity contribution in [3.05, 3.63) is 109 Å². The lowest BCUT2D eigenvalue weighted by molar-refractivity contribution is -0.161. The second-order valence-electron chi connectivity index (χ2n) is 24.5. The molecule has 0 saturated carbocycles. The standard InChI is InChI=1S/C77H132O17P2/c1-5-9-13-17-21-25-29-32-33-34-35-36-37-40-43-46-50-54-58-62-75(80)88-68-73(94-77(82)64-60-56-52-48-44-39-31-27-23-19-15-11-7-3)70-92-96(85,86)90-66-71(78)65-89-95(83,84)91-69-72(93-76(81)63-59-55-51-47-41-28-24-20-16-12-8-4)67-87-74(79)61-57-53-49-45-42-38-30-26-22-18-14-10-6-2/h9,13-15,18-19,21,25-27,30-33,35-36,40,43,71-73,78H,5-8,10-12,16-17,20,22-24,28-29,34,37-39,41-42,44-70H2,1-4H3,(H,83,84)(H,85,86)/b13-9-,18-14-,19-15-,25-21-,30-26-,31-27-,33-32-,36-35-,43-40-. The molecule has 17 nitrogen and oxygen atoms in total. The summed E-state index contributed by atoms with van der Waals surface area (Å²) in [5.74, 6) is -2.24. The van der Waals surface area contributed by atoms with Crippen LogP contribution in [-0.2, 0) is 65.4 Å². The van der Waals surface area contributed by atoms with Crippen LogP contribution < -0.4 is 0 Å². The third-order valence-electron chi connectivity index (χ3n) is 15.2. The molecule has 96 heavy (non-hydrogen) atoms. The van der Waals surface area contributed by atoms with Gasteiger partial charge in [-0.2, -0.15) is 0 Å². The Morgan fingerprint density at radius 1 is 0.302 bits per heavy atom. The van der Waals surface area contributed by atoms with Gasteiger partial charge >= 0.3 is 39.5 Å². The zero-order chi connectivity index (χ0) is 70.4. The number of carbonyl (C=O) groups is 4. The Hall–Kier alpha value is -4.28. The van der Waals surface area contributed by atoms with Crippen molar-refractivity contribution in [1.82, 2.24) is 0 Å². The molecule has 0 heterocycles. The van der Waals surface area contributed by atoms with Crippen LogP contribution in [0.4, 0.5) is 0 Å². The predicted molar refractivity (Wildman–Crippen MR) is 390 cm³/mol. The number of ether oxygens (including phenoxy) is 4. The molecular formula is C77H132O17P2. The van der Waals surface area contributed by atoms with E-state index in [0.717, 1.165) is 180 Å². The number of unbranched alkanes of at least 4 members (excludes halogenated alkanes) is 25. The summed E-state index contributed by atoms with van der Waals surface area (Å²) in [6.45, 7) is 4.55. The van der Waals surface area contributed by atoms with Crippen molar-refractivity contribution in [3.8, 4) is 0 Å². The number of phosphoric ester groups is 2. The number of aliphatic hydroxyl groups is 1. The summed E-state index contributed by atoms with van der Waals surface area (Å²) in [6, 6.07) is 0. The molecule has 0 aromatic heterocycles. The van der Waals surface area contributed by atoms with Crippen LogP contribution in [0.3, 0.4) is 0 Å². The molecule has 0 aromatic rings. The number of esters is 4. The third kappa shape index (κ3) is 68.3. The fraction of sp³-hybridized carbons (Fsp3) is 0.714. The van der Waals surface area contributed by atoms with Crippen molar-refractivity contribution < 1.29 is 80.2 Å². The summed E-state index contributed by atoms with van der Waals surface area (Å²) in [4.78, 5) is 72.7. The molecule has 0 saturated heterocycles. The van der Waals surface area contributed by atoms with Crippen molar-refractivity contribution >= 4 is 39.5 Å². The van der Waals surface area contributed by atoms with Crippen LogP contribution in [0, 0.1) is 0 Å². The number of hydrogen-bond donors (Lipinski definition) is 3. The Morgan fingerprint density at radius 3 is 0.885 bits per heavy atom. The average molecular weight is 1390 g/mol. The van der Waals surface area contributed by atoms with Gasteiger partial charge in [0.25, 0.3) is 0 Å². The van der Waals surface area contributed by atoms with Gasteiger partial charge in [0.1, 0.15) is 19.3 Å². The maximum absolute atomic E-state index is 13.1. The van der Waals surface area contributed by atoms with E-state index in [2.05, 4.69) is 137 Å². The van der Waals surface area contributed by atoms with Gasteiger partial charge in [-0.25, -0.2) is 9.13 Å². The summed E-state index contributed by atoms with van der Waals surface area (Å²) in [5, 5.41) is 10.6. The summed E-state index contributed by atoms with van der Waals surface area (Å²) in [6.07, 6.45) is 72.3. The number of phosphoric acid groups is 2. The van der Waals surface area contributed by atoms with Crippen molar-refractivity contribution in [3.63, 3.8) is 0 Å². The monoisotopic (exact) mass is 1390 g/mol. The fourth-order valence-corrected chi connectivity index (χ4v) is 11.1. The summed E-state index contributed by atoms with van der Waals surface area (Å²) < 4.78 is 68.3. The summed E-state index contributed by atoms with van der Waals surface area (Å²) in [5.41, 5.74) is 0. The van der Waals surface area contributed by atoms with Crippen LogP contribution in [0.15, 0.2) is 109 Å². The minimum Gasteiger partial charge on any atom is -0.462 e. The van der Waals surface area contributed by atoms with E-state index in [9.17, 15) is 43.2 Å². The first-order chi connectivity index (χ1) is 46.7. The molecule has 3 N–H and O–H groups in total. The Bertz CT molecular complexity index is 2250. The molecule has 0 bridgehead atoms. The minimum atomic E-state index is -4.98. The van der Waals surface area contributed by atoms with Gasteiger partial charge < -0.3 is 33.8 Å².